The fourth-order valence-corrected chi connectivity index (χ4v) is 5.45. The number of benzene rings is 4. The zero-order valence-electron chi connectivity index (χ0n) is 19.9. The molecule has 0 spiro atoms. The van der Waals surface area contributed by atoms with Crippen molar-refractivity contribution in [1.29, 1.82) is 15.8 Å². The molecule has 0 N–H and O–H groups in total. The van der Waals surface area contributed by atoms with Gasteiger partial charge in [0.1, 0.15) is 11.8 Å². The molecule has 3 aromatic heterocycles. The number of para-hydroxylation sites is 2. The lowest BCUT2D eigenvalue weighted by atomic mass is 10.1. The van der Waals surface area contributed by atoms with Crippen molar-refractivity contribution in [3.05, 3.63) is 114 Å². The normalized spacial score (nSPS) is 11.1. The number of aromatic nitrogens is 3. The maximum atomic E-state index is 10.0. The zero-order valence-corrected chi connectivity index (χ0v) is 19.9. The minimum Gasteiger partial charge on any atom is -0.309 e. The molecule has 6 heteroatoms. The summed E-state index contributed by atoms with van der Waals surface area (Å²) in [5.41, 5.74) is 6.88. The first-order chi connectivity index (χ1) is 18.7. The van der Waals surface area contributed by atoms with Crippen molar-refractivity contribution in [3.8, 4) is 29.6 Å². The first kappa shape index (κ1) is 21.4. The van der Waals surface area contributed by atoms with E-state index in [1.54, 1.807) is 6.20 Å². The molecule has 0 fully saturated rings. The monoisotopic (exact) mass is 484 g/mol. The van der Waals surface area contributed by atoms with Crippen LogP contribution in [0.4, 0.5) is 0 Å². The van der Waals surface area contributed by atoms with E-state index in [9.17, 15) is 15.8 Å². The molecule has 0 atom stereocenters. The predicted octanol–water partition coefficient (Wildman–Crippen LogP) is 6.89. The molecular formula is C32H16N6. The molecule has 0 amide bonds. The van der Waals surface area contributed by atoms with Crippen molar-refractivity contribution >= 4 is 43.6 Å². The van der Waals surface area contributed by atoms with Gasteiger partial charge in [-0.3, -0.25) is 0 Å². The van der Waals surface area contributed by atoms with Gasteiger partial charge in [-0.1, -0.05) is 36.4 Å². The summed E-state index contributed by atoms with van der Waals surface area (Å²) in [7, 11) is 0. The second-order valence-corrected chi connectivity index (χ2v) is 9.10. The molecule has 174 valence electrons. The zero-order chi connectivity index (χ0) is 25.8. The molecular weight excluding hydrogens is 468 g/mol. The Balaban J connectivity index is 1.58. The van der Waals surface area contributed by atoms with E-state index in [2.05, 4.69) is 44.5 Å². The third kappa shape index (κ3) is 3.00. The number of nitrogens with zero attached hydrogens (tertiary/aromatic N) is 6. The van der Waals surface area contributed by atoms with Gasteiger partial charge in [-0.2, -0.15) is 15.8 Å². The highest BCUT2D eigenvalue weighted by Gasteiger charge is 2.17. The Hall–Kier alpha value is -5.90. The smallest absolute Gasteiger partial charge is 0.141 e. The van der Waals surface area contributed by atoms with Gasteiger partial charge in [0.05, 0.1) is 51.5 Å². The minimum absolute atomic E-state index is 0.355. The first-order valence-corrected chi connectivity index (χ1v) is 12.0. The second kappa shape index (κ2) is 8.07. The lowest BCUT2D eigenvalue weighted by Crippen LogP contribution is -2.00. The third-order valence-electron chi connectivity index (χ3n) is 7.02. The maximum Gasteiger partial charge on any atom is 0.141 e. The van der Waals surface area contributed by atoms with Crippen molar-refractivity contribution in [2.24, 2.45) is 0 Å². The summed E-state index contributed by atoms with van der Waals surface area (Å²) in [5.74, 6) is 0. The topological polar surface area (TPSA) is 94.1 Å². The van der Waals surface area contributed by atoms with E-state index in [1.807, 2.05) is 78.9 Å². The van der Waals surface area contributed by atoms with Gasteiger partial charge in [0, 0.05) is 32.9 Å². The Morgan fingerprint density at radius 3 is 1.71 bits per heavy atom. The van der Waals surface area contributed by atoms with E-state index >= 15 is 0 Å². The van der Waals surface area contributed by atoms with Gasteiger partial charge in [0.25, 0.3) is 0 Å². The molecule has 0 aliphatic rings. The van der Waals surface area contributed by atoms with Crippen LogP contribution in [0, 0.1) is 34.0 Å². The van der Waals surface area contributed by atoms with Gasteiger partial charge in [-0.15, -0.1) is 0 Å². The molecule has 4 aromatic carbocycles. The summed E-state index contributed by atoms with van der Waals surface area (Å²) in [6, 6.07) is 36.1. The average Bonchev–Trinajstić information content (AvgIpc) is 3.49. The van der Waals surface area contributed by atoms with E-state index in [0.717, 1.165) is 55.0 Å². The molecule has 38 heavy (non-hydrogen) atoms. The van der Waals surface area contributed by atoms with Crippen molar-refractivity contribution in [1.82, 2.24) is 14.1 Å². The summed E-state index contributed by atoms with van der Waals surface area (Å²) < 4.78 is 4.22. The number of hydrogen-bond acceptors (Lipinski definition) is 4. The summed E-state index contributed by atoms with van der Waals surface area (Å²) in [4.78, 5) is 4.34. The molecule has 0 aliphatic heterocycles. The van der Waals surface area contributed by atoms with Gasteiger partial charge >= 0.3 is 0 Å². The lowest BCUT2D eigenvalue weighted by molar-refractivity contribution is 1.12. The molecule has 3 heterocycles. The van der Waals surface area contributed by atoms with E-state index in [-0.39, 0.29) is 0 Å². The Labute approximate surface area is 217 Å². The van der Waals surface area contributed by atoms with Crippen LogP contribution in [0.3, 0.4) is 0 Å². The van der Waals surface area contributed by atoms with Crippen LogP contribution in [0.5, 0.6) is 0 Å². The van der Waals surface area contributed by atoms with E-state index < -0.39 is 0 Å². The predicted molar refractivity (Wildman–Crippen MR) is 147 cm³/mol. The van der Waals surface area contributed by atoms with Crippen LogP contribution in [0.1, 0.15) is 16.8 Å². The van der Waals surface area contributed by atoms with Crippen LogP contribution in [0.25, 0.3) is 55.0 Å². The number of hydrogen-bond donors (Lipinski definition) is 0. The largest absolute Gasteiger partial charge is 0.309 e. The highest BCUT2D eigenvalue weighted by molar-refractivity contribution is 6.10. The van der Waals surface area contributed by atoms with Crippen LogP contribution in [0.15, 0.2) is 97.2 Å². The summed E-state index contributed by atoms with van der Waals surface area (Å²) >= 11 is 0. The standard InChI is InChI=1S/C32H16N6/c33-16-20-9-10-31-27(13-20)25-5-1-3-7-29(25)37(31)23-11-21(17-34)12-24(15-23)38-30-8-4-2-6-26(30)28-14-22(18-35)36-19-32(28)38/h1-15,19H. The van der Waals surface area contributed by atoms with Crippen LogP contribution in [-0.2, 0) is 0 Å². The minimum atomic E-state index is 0.355. The fraction of sp³-hybridized carbons (Fsp3) is 0. The average molecular weight is 485 g/mol. The molecule has 0 aliphatic carbocycles. The SMILES string of the molecule is N#Cc1cc(-n2c3ccccc3c3cc(C#N)ccc32)cc(-n2c3ccccc3c3cc(C#N)ncc32)c1. The molecule has 7 rings (SSSR count). The van der Waals surface area contributed by atoms with Crippen molar-refractivity contribution < 1.29 is 0 Å². The first-order valence-electron chi connectivity index (χ1n) is 12.0. The molecule has 0 unspecified atom stereocenters. The van der Waals surface area contributed by atoms with Gasteiger partial charge in [-0.25, -0.2) is 4.98 Å². The van der Waals surface area contributed by atoms with E-state index in [1.165, 1.54) is 0 Å². The molecule has 0 radical (unpaired) electrons. The van der Waals surface area contributed by atoms with Crippen molar-refractivity contribution in [3.63, 3.8) is 0 Å². The number of pyridine rings is 1. The van der Waals surface area contributed by atoms with Gasteiger partial charge in [-0.05, 0) is 54.6 Å². The van der Waals surface area contributed by atoms with E-state index in [0.29, 0.717) is 16.8 Å². The van der Waals surface area contributed by atoms with Crippen molar-refractivity contribution in [2.75, 3.05) is 0 Å². The Morgan fingerprint density at radius 1 is 0.500 bits per heavy atom. The molecule has 7 aromatic rings. The van der Waals surface area contributed by atoms with Gasteiger partial charge in [0.15, 0.2) is 0 Å². The van der Waals surface area contributed by atoms with E-state index in [4.69, 9.17) is 0 Å². The van der Waals surface area contributed by atoms with Crippen LogP contribution >= 0.6 is 0 Å². The lowest BCUT2D eigenvalue weighted by Gasteiger charge is -2.13. The number of nitriles is 3. The van der Waals surface area contributed by atoms with Crippen molar-refractivity contribution in [2.45, 2.75) is 0 Å². The maximum absolute atomic E-state index is 10.0. The summed E-state index contributed by atoms with van der Waals surface area (Å²) in [5, 5.41) is 32.9. The van der Waals surface area contributed by atoms with Gasteiger partial charge in [0.2, 0.25) is 0 Å². The van der Waals surface area contributed by atoms with Crippen LogP contribution < -0.4 is 0 Å². The Morgan fingerprint density at radius 2 is 1.08 bits per heavy atom. The second-order valence-electron chi connectivity index (χ2n) is 9.10. The highest BCUT2D eigenvalue weighted by Crippen LogP contribution is 2.36. The quantitative estimate of drug-likeness (QED) is 0.267. The fourth-order valence-electron chi connectivity index (χ4n) is 5.45. The number of rotatable bonds is 2. The summed E-state index contributed by atoms with van der Waals surface area (Å²) in [6.45, 7) is 0. The Kier molecular flexibility index (Phi) is 4.54. The molecule has 0 bridgehead atoms. The van der Waals surface area contributed by atoms with Crippen LogP contribution in [-0.4, -0.2) is 14.1 Å². The molecule has 0 saturated heterocycles. The highest BCUT2D eigenvalue weighted by atomic mass is 15.0. The molecule has 6 nitrogen and oxygen atoms in total. The van der Waals surface area contributed by atoms with Gasteiger partial charge < -0.3 is 9.13 Å². The summed E-state index contributed by atoms with van der Waals surface area (Å²) in [6.07, 6.45) is 1.72. The Bertz CT molecular complexity index is 2080. The number of fused-ring (bicyclic) bond motifs is 6. The van der Waals surface area contributed by atoms with Crippen LogP contribution in [0.2, 0.25) is 0 Å². The molecule has 0 saturated carbocycles. The third-order valence-corrected chi connectivity index (χ3v) is 7.02.